The summed E-state index contributed by atoms with van der Waals surface area (Å²) in [5.41, 5.74) is 6.84. The van der Waals surface area contributed by atoms with Gasteiger partial charge in [-0.2, -0.15) is 0 Å². The molecule has 2 aromatic rings. The number of aromatic amines is 1. The Morgan fingerprint density at radius 3 is 2.72 bits per heavy atom. The average molecular weight is 264 g/mol. The Morgan fingerprint density at radius 1 is 1.44 bits per heavy atom. The van der Waals surface area contributed by atoms with Crippen molar-refractivity contribution in [3.05, 3.63) is 29.1 Å². The van der Waals surface area contributed by atoms with Crippen LogP contribution in [0.2, 0.25) is 0 Å². The molecule has 0 amide bonds. The van der Waals surface area contributed by atoms with Crippen molar-refractivity contribution in [2.75, 3.05) is 5.73 Å². The van der Waals surface area contributed by atoms with Gasteiger partial charge in [-0.1, -0.05) is 0 Å². The van der Waals surface area contributed by atoms with Crippen LogP contribution in [0.5, 0.6) is 0 Å². The molecule has 94 valence electrons. The molecule has 2 rings (SSSR count). The van der Waals surface area contributed by atoms with Gasteiger partial charge in [-0.15, -0.1) is 5.10 Å². The van der Waals surface area contributed by atoms with E-state index < -0.39 is 5.97 Å². The number of nitrogens with zero attached hydrogens (tertiary/aromatic N) is 2. The third-order valence-electron chi connectivity index (χ3n) is 2.38. The second-order valence-corrected chi connectivity index (χ2v) is 4.85. The molecule has 0 aliphatic heterocycles. The first-order valence-electron chi connectivity index (χ1n) is 5.17. The van der Waals surface area contributed by atoms with E-state index in [1.165, 1.54) is 17.8 Å². The summed E-state index contributed by atoms with van der Waals surface area (Å²) in [4.78, 5) is 16.0. The lowest BCUT2D eigenvalue weighted by Crippen LogP contribution is -2.04. The number of carbonyl (C=O) groups is 1. The van der Waals surface area contributed by atoms with Crippen molar-refractivity contribution < 1.29 is 9.90 Å². The number of carboxylic acid groups (broad SMARTS) is 1. The van der Waals surface area contributed by atoms with Gasteiger partial charge in [0.1, 0.15) is 5.82 Å². The van der Waals surface area contributed by atoms with E-state index in [2.05, 4.69) is 15.2 Å². The molecule has 0 bridgehead atoms. The van der Waals surface area contributed by atoms with Crippen molar-refractivity contribution in [2.24, 2.45) is 0 Å². The van der Waals surface area contributed by atoms with E-state index in [0.717, 1.165) is 10.5 Å². The number of benzene rings is 1. The van der Waals surface area contributed by atoms with Crippen LogP contribution >= 0.6 is 11.8 Å². The molecule has 4 N–H and O–H groups in total. The molecular formula is C11H12N4O2S. The van der Waals surface area contributed by atoms with Crippen molar-refractivity contribution in [3.8, 4) is 0 Å². The zero-order valence-corrected chi connectivity index (χ0v) is 10.7. The number of nitrogen functional groups attached to an aromatic ring is 1. The number of hydrogen-bond donors (Lipinski definition) is 3. The maximum absolute atomic E-state index is 11.1. The summed E-state index contributed by atoms with van der Waals surface area (Å²) in [7, 11) is 0. The van der Waals surface area contributed by atoms with Gasteiger partial charge in [0.15, 0.2) is 0 Å². The zero-order chi connectivity index (χ0) is 13.3. The topological polar surface area (TPSA) is 105 Å². The first-order chi connectivity index (χ1) is 8.47. The number of hydrogen-bond acceptors (Lipinski definition) is 5. The molecule has 0 unspecified atom stereocenters. The minimum absolute atomic E-state index is 0.102. The van der Waals surface area contributed by atoms with Gasteiger partial charge in [0.25, 0.3) is 0 Å². The highest BCUT2D eigenvalue weighted by Crippen LogP contribution is 2.29. The summed E-state index contributed by atoms with van der Waals surface area (Å²) in [6.07, 6.45) is 0. The minimum atomic E-state index is -1.04. The lowest BCUT2D eigenvalue weighted by molar-refractivity contribution is 0.0697. The smallest absolute Gasteiger partial charge is 0.337 e. The van der Waals surface area contributed by atoms with E-state index in [1.807, 2.05) is 6.07 Å². The maximum Gasteiger partial charge on any atom is 0.337 e. The first-order valence-corrected chi connectivity index (χ1v) is 5.99. The summed E-state index contributed by atoms with van der Waals surface area (Å²) < 4.78 is 0. The second-order valence-electron chi connectivity index (χ2n) is 3.81. The lowest BCUT2D eigenvalue weighted by Gasteiger charge is -2.07. The monoisotopic (exact) mass is 264 g/mol. The Bertz CT molecular complexity index is 609. The van der Waals surface area contributed by atoms with Crippen LogP contribution in [0.4, 0.5) is 5.69 Å². The van der Waals surface area contributed by atoms with Crippen molar-refractivity contribution in [1.29, 1.82) is 0 Å². The van der Waals surface area contributed by atoms with Crippen LogP contribution in [-0.4, -0.2) is 26.3 Å². The molecule has 0 spiro atoms. The fourth-order valence-corrected chi connectivity index (χ4v) is 2.37. The molecule has 0 radical (unpaired) electrons. The van der Waals surface area contributed by atoms with Crippen LogP contribution in [0.1, 0.15) is 21.7 Å². The molecule has 0 saturated heterocycles. The minimum Gasteiger partial charge on any atom is -0.478 e. The van der Waals surface area contributed by atoms with Gasteiger partial charge in [0.05, 0.1) is 5.56 Å². The molecule has 1 aromatic carbocycles. The van der Waals surface area contributed by atoms with Crippen LogP contribution in [0, 0.1) is 13.8 Å². The summed E-state index contributed by atoms with van der Waals surface area (Å²) in [6, 6.07) is 3.35. The SMILES string of the molecule is Cc1nc(Sc2cc(C)c(N)c(C(=O)O)c2)n[nH]1. The van der Waals surface area contributed by atoms with Crippen LogP contribution in [0.25, 0.3) is 0 Å². The molecule has 0 saturated carbocycles. The van der Waals surface area contributed by atoms with E-state index in [0.29, 0.717) is 11.0 Å². The van der Waals surface area contributed by atoms with Crippen molar-refractivity contribution >= 4 is 23.4 Å². The summed E-state index contributed by atoms with van der Waals surface area (Å²) >= 11 is 1.29. The van der Waals surface area contributed by atoms with Gasteiger partial charge >= 0.3 is 5.97 Å². The molecule has 6 nitrogen and oxygen atoms in total. The number of anilines is 1. The van der Waals surface area contributed by atoms with Crippen LogP contribution in [0.3, 0.4) is 0 Å². The Balaban J connectivity index is 2.37. The van der Waals surface area contributed by atoms with Crippen molar-refractivity contribution in [1.82, 2.24) is 15.2 Å². The lowest BCUT2D eigenvalue weighted by atomic mass is 10.1. The summed E-state index contributed by atoms with van der Waals surface area (Å²) in [5.74, 6) is -0.327. The van der Waals surface area contributed by atoms with E-state index in [4.69, 9.17) is 10.8 Å². The maximum atomic E-state index is 11.1. The largest absolute Gasteiger partial charge is 0.478 e. The summed E-state index contributed by atoms with van der Waals surface area (Å²) in [6.45, 7) is 3.57. The number of nitrogens with two attached hydrogens (primary N) is 1. The highest BCUT2D eigenvalue weighted by atomic mass is 32.2. The Kier molecular flexibility index (Phi) is 3.24. The molecule has 1 heterocycles. The molecule has 1 aromatic heterocycles. The van der Waals surface area contributed by atoms with Crippen LogP contribution in [-0.2, 0) is 0 Å². The molecule has 0 aliphatic rings. The predicted molar refractivity (Wildman–Crippen MR) is 67.8 cm³/mol. The van der Waals surface area contributed by atoms with Gasteiger partial charge in [-0.3, -0.25) is 5.10 Å². The van der Waals surface area contributed by atoms with Gasteiger partial charge in [0, 0.05) is 10.6 Å². The molecule has 18 heavy (non-hydrogen) atoms. The number of aromatic carboxylic acids is 1. The third kappa shape index (κ3) is 2.45. The fourth-order valence-electron chi connectivity index (χ4n) is 1.47. The number of aryl methyl sites for hydroxylation is 2. The molecule has 0 fully saturated rings. The highest BCUT2D eigenvalue weighted by molar-refractivity contribution is 7.99. The molecule has 0 atom stereocenters. The quantitative estimate of drug-likeness (QED) is 0.731. The van der Waals surface area contributed by atoms with E-state index in [1.54, 1.807) is 13.8 Å². The predicted octanol–water partition coefficient (Wildman–Crippen LogP) is 1.85. The van der Waals surface area contributed by atoms with Gasteiger partial charge in [-0.25, -0.2) is 9.78 Å². The first kappa shape index (κ1) is 12.4. The number of aromatic nitrogens is 3. The van der Waals surface area contributed by atoms with Crippen molar-refractivity contribution in [3.63, 3.8) is 0 Å². The van der Waals surface area contributed by atoms with Gasteiger partial charge in [0.2, 0.25) is 5.16 Å². The number of carboxylic acids is 1. The van der Waals surface area contributed by atoms with Crippen LogP contribution in [0.15, 0.2) is 22.2 Å². The van der Waals surface area contributed by atoms with Crippen molar-refractivity contribution in [2.45, 2.75) is 23.9 Å². The highest BCUT2D eigenvalue weighted by Gasteiger charge is 2.13. The van der Waals surface area contributed by atoms with E-state index in [-0.39, 0.29) is 11.3 Å². The Labute approximate surface area is 108 Å². The Hall–Kier alpha value is -2.02. The number of H-pyrrole nitrogens is 1. The van der Waals surface area contributed by atoms with Crippen LogP contribution < -0.4 is 5.73 Å². The number of nitrogens with one attached hydrogen (secondary N) is 1. The van der Waals surface area contributed by atoms with E-state index in [9.17, 15) is 4.79 Å². The normalized spacial score (nSPS) is 10.6. The van der Waals surface area contributed by atoms with Gasteiger partial charge in [-0.05, 0) is 43.3 Å². The fraction of sp³-hybridized carbons (Fsp3) is 0.182. The molecular weight excluding hydrogens is 252 g/mol. The third-order valence-corrected chi connectivity index (χ3v) is 3.21. The Morgan fingerprint density at radius 2 is 2.17 bits per heavy atom. The zero-order valence-electron chi connectivity index (χ0n) is 9.89. The molecule has 7 heteroatoms. The number of rotatable bonds is 3. The summed E-state index contributed by atoms with van der Waals surface area (Å²) in [5, 5.41) is 16.3. The standard InChI is InChI=1S/C11H12N4O2S/c1-5-3-7(4-8(9(5)12)10(16)17)18-11-13-6(2)14-15-11/h3-4H,12H2,1-2H3,(H,16,17)(H,13,14,15). The van der Waals surface area contributed by atoms with Gasteiger partial charge < -0.3 is 10.8 Å². The average Bonchev–Trinajstić information content (AvgIpc) is 2.68. The molecule has 0 aliphatic carbocycles. The van der Waals surface area contributed by atoms with E-state index >= 15 is 0 Å². The second kappa shape index (κ2) is 4.69.